The van der Waals surface area contributed by atoms with Crippen LogP contribution in [0.3, 0.4) is 0 Å². The fourth-order valence-corrected chi connectivity index (χ4v) is 2.60. The lowest BCUT2D eigenvalue weighted by Crippen LogP contribution is -2.52. The van der Waals surface area contributed by atoms with Crippen LogP contribution < -0.4 is 4.90 Å². The highest BCUT2D eigenvalue weighted by molar-refractivity contribution is 6.01. The maximum atomic E-state index is 12.6. The zero-order valence-electron chi connectivity index (χ0n) is 12.4. The molecule has 1 fully saturated rings. The van der Waals surface area contributed by atoms with Crippen LogP contribution in [0.5, 0.6) is 0 Å². The van der Waals surface area contributed by atoms with E-state index in [1.807, 2.05) is 13.8 Å². The largest absolute Gasteiger partial charge is 0.478 e. The first kappa shape index (κ1) is 15.3. The summed E-state index contributed by atoms with van der Waals surface area (Å²) in [6.45, 7) is 4.84. The lowest BCUT2D eigenvalue weighted by molar-refractivity contribution is -0.0536. The van der Waals surface area contributed by atoms with Crippen molar-refractivity contribution >= 4 is 17.7 Å². The molecule has 2 rings (SSSR count). The highest BCUT2D eigenvalue weighted by Crippen LogP contribution is 2.22. The van der Waals surface area contributed by atoms with Crippen LogP contribution in [0.2, 0.25) is 0 Å². The fraction of sp³-hybridized carbons (Fsp3) is 0.467. The summed E-state index contributed by atoms with van der Waals surface area (Å²) in [6, 6.07) is 6.27. The van der Waals surface area contributed by atoms with Crippen LogP contribution in [0.1, 0.15) is 24.2 Å². The van der Waals surface area contributed by atoms with Crippen molar-refractivity contribution in [3.05, 3.63) is 29.8 Å². The van der Waals surface area contributed by atoms with Crippen LogP contribution in [0.4, 0.5) is 10.5 Å². The number of morpholine rings is 1. The Labute approximate surface area is 123 Å². The zero-order valence-corrected chi connectivity index (χ0v) is 12.4. The Bertz CT molecular complexity index is 536. The molecule has 0 aliphatic carbocycles. The van der Waals surface area contributed by atoms with Gasteiger partial charge in [0, 0.05) is 20.1 Å². The highest BCUT2D eigenvalue weighted by Gasteiger charge is 2.29. The van der Waals surface area contributed by atoms with Crippen molar-refractivity contribution in [3.63, 3.8) is 0 Å². The molecule has 1 aromatic carbocycles. The van der Waals surface area contributed by atoms with Gasteiger partial charge in [-0.1, -0.05) is 12.1 Å². The fourth-order valence-electron chi connectivity index (χ4n) is 2.60. The smallest absolute Gasteiger partial charge is 0.337 e. The van der Waals surface area contributed by atoms with Gasteiger partial charge >= 0.3 is 12.0 Å². The number of carboxylic acids is 1. The predicted molar refractivity (Wildman–Crippen MR) is 78.8 cm³/mol. The number of urea groups is 1. The van der Waals surface area contributed by atoms with Gasteiger partial charge in [0.1, 0.15) is 0 Å². The van der Waals surface area contributed by atoms with E-state index in [4.69, 9.17) is 4.74 Å². The molecule has 6 nitrogen and oxygen atoms in total. The second kappa shape index (κ2) is 6.13. The van der Waals surface area contributed by atoms with Gasteiger partial charge in [-0.05, 0) is 26.0 Å². The quantitative estimate of drug-likeness (QED) is 0.905. The number of carbonyl (C=O) groups excluding carboxylic acids is 1. The van der Waals surface area contributed by atoms with Gasteiger partial charge in [-0.25, -0.2) is 9.59 Å². The second-order valence-electron chi connectivity index (χ2n) is 5.33. The van der Waals surface area contributed by atoms with E-state index in [-0.39, 0.29) is 23.8 Å². The molecule has 1 heterocycles. The van der Waals surface area contributed by atoms with Gasteiger partial charge in [-0.3, -0.25) is 4.90 Å². The summed E-state index contributed by atoms with van der Waals surface area (Å²) in [5.74, 6) is -1.05. The van der Waals surface area contributed by atoms with Gasteiger partial charge in [0.25, 0.3) is 0 Å². The Morgan fingerprint density at radius 1 is 1.24 bits per heavy atom. The van der Waals surface area contributed by atoms with Gasteiger partial charge in [0.05, 0.1) is 23.5 Å². The van der Waals surface area contributed by atoms with E-state index in [2.05, 4.69) is 0 Å². The normalized spacial score (nSPS) is 22.0. The molecule has 6 heteroatoms. The molecule has 1 aliphatic heterocycles. The van der Waals surface area contributed by atoms with Crippen LogP contribution >= 0.6 is 0 Å². The molecule has 21 heavy (non-hydrogen) atoms. The van der Waals surface area contributed by atoms with Crippen molar-refractivity contribution in [1.82, 2.24) is 4.90 Å². The van der Waals surface area contributed by atoms with Crippen LogP contribution in [0, 0.1) is 0 Å². The summed E-state index contributed by atoms with van der Waals surface area (Å²) in [7, 11) is 1.59. The number of nitrogens with zero attached hydrogens (tertiary/aromatic N) is 2. The molecule has 0 saturated carbocycles. The molecule has 2 unspecified atom stereocenters. The first-order valence-corrected chi connectivity index (χ1v) is 6.90. The molecule has 0 aromatic heterocycles. The Balaban J connectivity index is 2.21. The average Bonchev–Trinajstić information content (AvgIpc) is 2.44. The van der Waals surface area contributed by atoms with E-state index in [1.54, 1.807) is 30.1 Å². The third-order valence-corrected chi connectivity index (χ3v) is 3.47. The molecule has 1 saturated heterocycles. The number of anilines is 1. The number of amides is 2. The summed E-state index contributed by atoms with van der Waals surface area (Å²) in [5, 5.41) is 9.22. The summed E-state index contributed by atoms with van der Waals surface area (Å²) >= 11 is 0. The summed E-state index contributed by atoms with van der Waals surface area (Å²) in [4.78, 5) is 26.9. The zero-order chi connectivity index (χ0) is 15.6. The van der Waals surface area contributed by atoms with Crippen molar-refractivity contribution in [2.75, 3.05) is 25.0 Å². The van der Waals surface area contributed by atoms with Crippen molar-refractivity contribution in [2.24, 2.45) is 0 Å². The van der Waals surface area contributed by atoms with Gasteiger partial charge in [-0.2, -0.15) is 0 Å². The summed E-state index contributed by atoms with van der Waals surface area (Å²) in [5.41, 5.74) is 0.504. The number of carboxylic acid groups (broad SMARTS) is 1. The number of carbonyl (C=O) groups is 2. The van der Waals surface area contributed by atoms with Crippen molar-refractivity contribution in [3.8, 4) is 0 Å². The monoisotopic (exact) mass is 292 g/mol. The van der Waals surface area contributed by atoms with Gasteiger partial charge < -0.3 is 14.7 Å². The maximum absolute atomic E-state index is 12.6. The van der Waals surface area contributed by atoms with Gasteiger partial charge in [0.15, 0.2) is 0 Å². The van der Waals surface area contributed by atoms with Crippen LogP contribution in [-0.2, 0) is 4.74 Å². The number of aromatic carboxylic acids is 1. The molecule has 0 spiro atoms. The molecule has 2 amide bonds. The molecule has 1 aromatic rings. The van der Waals surface area contributed by atoms with Crippen molar-refractivity contribution < 1.29 is 19.4 Å². The van der Waals surface area contributed by atoms with Gasteiger partial charge in [0.2, 0.25) is 0 Å². The number of benzene rings is 1. The van der Waals surface area contributed by atoms with E-state index >= 15 is 0 Å². The topological polar surface area (TPSA) is 70.1 Å². The third-order valence-electron chi connectivity index (χ3n) is 3.47. The van der Waals surface area contributed by atoms with E-state index in [1.165, 1.54) is 11.0 Å². The maximum Gasteiger partial charge on any atom is 0.337 e. The van der Waals surface area contributed by atoms with E-state index < -0.39 is 5.97 Å². The lowest BCUT2D eigenvalue weighted by atomic mass is 10.1. The molecule has 1 N–H and O–H groups in total. The number of hydrogen-bond acceptors (Lipinski definition) is 3. The number of rotatable bonds is 2. The molecule has 1 aliphatic rings. The number of para-hydroxylation sites is 1. The molecule has 114 valence electrons. The first-order valence-electron chi connectivity index (χ1n) is 6.90. The first-order chi connectivity index (χ1) is 9.90. The number of ether oxygens (including phenoxy) is 1. The minimum Gasteiger partial charge on any atom is -0.478 e. The minimum absolute atomic E-state index is 0.0270. The molecule has 0 bridgehead atoms. The van der Waals surface area contributed by atoms with E-state index in [0.717, 1.165) is 0 Å². The predicted octanol–water partition coefficient (Wildman–Crippen LogP) is 2.05. The van der Waals surface area contributed by atoms with Gasteiger partial charge in [-0.15, -0.1) is 0 Å². The van der Waals surface area contributed by atoms with E-state index in [0.29, 0.717) is 18.8 Å². The molecular weight excluding hydrogens is 272 g/mol. The summed E-state index contributed by atoms with van der Waals surface area (Å²) < 4.78 is 5.61. The Kier molecular flexibility index (Phi) is 4.47. The minimum atomic E-state index is -1.05. The lowest BCUT2D eigenvalue weighted by Gasteiger charge is -2.37. The Hall–Kier alpha value is -2.08. The van der Waals surface area contributed by atoms with Crippen molar-refractivity contribution in [1.29, 1.82) is 0 Å². The molecule has 2 atom stereocenters. The second-order valence-corrected chi connectivity index (χ2v) is 5.33. The van der Waals surface area contributed by atoms with E-state index in [9.17, 15) is 14.7 Å². The standard InChI is InChI=1S/C15H20N2O4/c1-10-8-17(9-11(2)21-10)15(20)16(3)13-7-5-4-6-12(13)14(18)19/h4-7,10-11H,8-9H2,1-3H3,(H,18,19). The SMILES string of the molecule is CC1CN(C(=O)N(C)c2ccccc2C(=O)O)CC(C)O1. The average molecular weight is 292 g/mol. The molecular formula is C15H20N2O4. The highest BCUT2D eigenvalue weighted by atomic mass is 16.5. The third kappa shape index (κ3) is 3.33. The van der Waals surface area contributed by atoms with Crippen LogP contribution in [0.25, 0.3) is 0 Å². The molecule has 0 radical (unpaired) electrons. The Morgan fingerprint density at radius 2 is 1.81 bits per heavy atom. The summed E-state index contributed by atoms with van der Waals surface area (Å²) in [6.07, 6.45) is -0.0540. The van der Waals surface area contributed by atoms with Crippen LogP contribution in [0.15, 0.2) is 24.3 Å². The Morgan fingerprint density at radius 3 is 2.38 bits per heavy atom. The number of hydrogen-bond donors (Lipinski definition) is 1. The van der Waals surface area contributed by atoms with Crippen LogP contribution in [-0.4, -0.2) is 54.4 Å². The van der Waals surface area contributed by atoms with Crippen molar-refractivity contribution in [2.45, 2.75) is 26.1 Å².